The molecule has 0 aliphatic rings. The van der Waals surface area contributed by atoms with Crippen LogP contribution in [-0.2, 0) is 6.42 Å². The first-order valence-electron chi connectivity index (χ1n) is 9.65. The second kappa shape index (κ2) is 9.14. The first-order valence-corrected chi connectivity index (χ1v) is 9.65. The highest BCUT2D eigenvalue weighted by Crippen LogP contribution is 2.21. The molecule has 0 aliphatic carbocycles. The van der Waals surface area contributed by atoms with E-state index in [2.05, 4.69) is 44.7 Å². The van der Waals surface area contributed by atoms with Gasteiger partial charge < -0.3 is 4.90 Å². The van der Waals surface area contributed by atoms with Crippen LogP contribution >= 0.6 is 0 Å². The maximum atomic E-state index is 9.44. The molecule has 6 heteroatoms. The summed E-state index contributed by atoms with van der Waals surface area (Å²) in [6.07, 6.45) is 4.21. The summed E-state index contributed by atoms with van der Waals surface area (Å²) in [5, 5.41) is 25.4. The lowest BCUT2D eigenvalue weighted by atomic mass is 10.1. The fourth-order valence-electron chi connectivity index (χ4n) is 3.19. The van der Waals surface area contributed by atoms with Crippen molar-refractivity contribution in [3.8, 4) is 17.3 Å². The predicted octanol–water partition coefficient (Wildman–Crippen LogP) is 4.20. The van der Waals surface area contributed by atoms with Crippen LogP contribution in [0, 0.1) is 25.2 Å². The van der Waals surface area contributed by atoms with E-state index in [4.69, 9.17) is 0 Å². The van der Waals surface area contributed by atoms with Crippen molar-refractivity contribution in [3.05, 3.63) is 58.9 Å². The zero-order valence-electron chi connectivity index (χ0n) is 16.7. The molecule has 0 spiro atoms. The molecule has 2 aromatic heterocycles. The molecule has 28 heavy (non-hydrogen) atoms. The lowest BCUT2D eigenvalue weighted by molar-refractivity contribution is 0.660. The maximum absolute atomic E-state index is 9.44. The van der Waals surface area contributed by atoms with Gasteiger partial charge in [-0.15, -0.1) is 5.10 Å². The molecule has 0 saturated heterocycles. The first kappa shape index (κ1) is 19.6. The standard InChI is InChI=1S/C22H26N6/c1-16-17(2)24-27-22(20(16)15-23)28(3)13-9-5-8-12-19-14-21(26-25-19)18-10-6-4-7-11-18/h4,6-7,10-11,14H,5,8-9,12-13H2,1-3H3,(H,25,26). The lowest BCUT2D eigenvalue weighted by Crippen LogP contribution is -2.22. The van der Waals surface area contributed by atoms with Crippen molar-refractivity contribution in [1.82, 2.24) is 20.4 Å². The Morgan fingerprint density at radius 3 is 2.61 bits per heavy atom. The van der Waals surface area contributed by atoms with Gasteiger partial charge in [0.1, 0.15) is 11.6 Å². The van der Waals surface area contributed by atoms with Gasteiger partial charge in [-0.1, -0.05) is 36.8 Å². The fraction of sp³-hybridized carbons (Fsp3) is 0.364. The van der Waals surface area contributed by atoms with Crippen molar-refractivity contribution in [2.45, 2.75) is 39.5 Å². The van der Waals surface area contributed by atoms with E-state index in [1.165, 1.54) is 5.69 Å². The number of aryl methyl sites for hydroxylation is 2. The maximum Gasteiger partial charge on any atom is 0.169 e. The fourth-order valence-corrected chi connectivity index (χ4v) is 3.19. The molecule has 2 heterocycles. The highest BCUT2D eigenvalue weighted by molar-refractivity contribution is 5.59. The van der Waals surface area contributed by atoms with Crippen LogP contribution in [0.3, 0.4) is 0 Å². The van der Waals surface area contributed by atoms with E-state index in [9.17, 15) is 5.26 Å². The van der Waals surface area contributed by atoms with Gasteiger partial charge >= 0.3 is 0 Å². The third-order valence-corrected chi connectivity index (χ3v) is 5.05. The number of nitrogens with one attached hydrogen (secondary N) is 1. The summed E-state index contributed by atoms with van der Waals surface area (Å²) in [5.74, 6) is 0.673. The molecular formula is C22H26N6. The summed E-state index contributed by atoms with van der Waals surface area (Å²) in [6.45, 7) is 4.66. The van der Waals surface area contributed by atoms with Gasteiger partial charge in [0.2, 0.25) is 0 Å². The van der Waals surface area contributed by atoms with Crippen LogP contribution in [0.2, 0.25) is 0 Å². The quantitative estimate of drug-likeness (QED) is 0.598. The Morgan fingerprint density at radius 2 is 1.86 bits per heavy atom. The molecule has 3 aromatic rings. The van der Waals surface area contributed by atoms with Crippen LogP contribution in [0.1, 0.15) is 41.8 Å². The average Bonchev–Trinajstić information content (AvgIpc) is 3.19. The average molecular weight is 374 g/mol. The van der Waals surface area contributed by atoms with Crippen molar-refractivity contribution in [3.63, 3.8) is 0 Å². The monoisotopic (exact) mass is 374 g/mol. The van der Waals surface area contributed by atoms with Gasteiger partial charge in [0.15, 0.2) is 5.82 Å². The topological polar surface area (TPSA) is 81.5 Å². The van der Waals surface area contributed by atoms with E-state index in [1.54, 1.807) is 0 Å². The van der Waals surface area contributed by atoms with Crippen LogP contribution in [0.5, 0.6) is 0 Å². The third-order valence-electron chi connectivity index (χ3n) is 5.05. The molecule has 0 aliphatic heterocycles. The molecule has 0 saturated carbocycles. The van der Waals surface area contributed by atoms with Crippen LogP contribution < -0.4 is 4.90 Å². The first-order chi connectivity index (χ1) is 13.6. The van der Waals surface area contributed by atoms with Gasteiger partial charge in [-0.3, -0.25) is 5.10 Å². The number of H-pyrrole nitrogens is 1. The number of aromatic nitrogens is 4. The lowest BCUT2D eigenvalue weighted by Gasteiger charge is -2.19. The Labute approximate surface area is 166 Å². The molecule has 0 atom stereocenters. The van der Waals surface area contributed by atoms with E-state index in [0.717, 1.165) is 54.7 Å². The van der Waals surface area contributed by atoms with Crippen molar-refractivity contribution < 1.29 is 0 Å². The molecule has 0 radical (unpaired) electrons. The zero-order valence-corrected chi connectivity index (χ0v) is 16.7. The molecule has 3 rings (SSSR count). The van der Waals surface area contributed by atoms with Gasteiger partial charge in [0, 0.05) is 24.8 Å². The number of unbranched alkanes of at least 4 members (excludes halogenated alkanes) is 2. The van der Waals surface area contributed by atoms with E-state index < -0.39 is 0 Å². The van der Waals surface area contributed by atoms with E-state index >= 15 is 0 Å². The van der Waals surface area contributed by atoms with E-state index in [0.29, 0.717) is 11.4 Å². The Bertz CT molecular complexity index is 955. The SMILES string of the molecule is Cc1nnc(N(C)CCCCCc2cc(-c3ccccc3)n[nH]2)c(C#N)c1C. The van der Waals surface area contributed by atoms with E-state index in [-0.39, 0.29) is 0 Å². The zero-order chi connectivity index (χ0) is 19.9. The van der Waals surface area contributed by atoms with Gasteiger partial charge in [-0.2, -0.15) is 15.5 Å². The number of hydrogen-bond acceptors (Lipinski definition) is 5. The molecule has 1 N–H and O–H groups in total. The Kier molecular flexibility index (Phi) is 6.38. The minimum absolute atomic E-state index is 0.626. The summed E-state index contributed by atoms with van der Waals surface area (Å²) in [5.41, 5.74) is 5.64. The summed E-state index contributed by atoms with van der Waals surface area (Å²) in [6, 6.07) is 14.6. The Balaban J connectivity index is 1.46. The summed E-state index contributed by atoms with van der Waals surface area (Å²) < 4.78 is 0. The molecule has 0 bridgehead atoms. The van der Waals surface area contributed by atoms with Gasteiger partial charge in [-0.05, 0) is 44.7 Å². The van der Waals surface area contributed by atoms with E-state index in [1.807, 2.05) is 44.0 Å². The number of anilines is 1. The van der Waals surface area contributed by atoms with Crippen molar-refractivity contribution in [2.24, 2.45) is 0 Å². The second-order valence-corrected chi connectivity index (χ2v) is 7.10. The van der Waals surface area contributed by atoms with Crippen molar-refractivity contribution in [2.75, 3.05) is 18.5 Å². The van der Waals surface area contributed by atoms with Gasteiger partial charge in [-0.25, -0.2) is 0 Å². The van der Waals surface area contributed by atoms with Crippen molar-refractivity contribution >= 4 is 5.82 Å². The van der Waals surface area contributed by atoms with Crippen LogP contribution in [0.15, 0.2) is 36.4 Å². The minimum Gasteiger partial charge on any atom is -0.357 e. The predicted molar refractivity (Wildman–Crippen MR) is 111 cm³/mol. The third kappa shape index (κ3) is 4.55. The number of benzene rings is 1. The Hall–Kier alpha value is -3.20. The molecular weight excluding hydrogens is 348 g/mol. The molecule has 0 amide bonds. The highest BCUT2D eigenvalue weighted by Gasteiger charge is 2.14. The summed E-state index contributed by atoms with van der Waals surface area (Å²) in [4.78, 5) is 2.03. The second-order valence-electron chi connectivity index (χ2n) is 7.10. The largest absolute Gasteiger partial charge is 0.357 e. The van der Waals surface area contributed by atoms with Crippen LogP contribution in [-0.4, -0.2) is 34.0 Å². The number of nitriles is 1. The molecule has 144 valence electrons. The number of hydrogen-bond donors (Lipinski definition) is 1. The molecule has 0 fully saturated rings. The number of rotatable bonds is 8. The molecule has 6 nitrogen and oxygen atoms in total. The molecule has 0 unspecified atom stereocenters. The normalized spacial score (nSPS) is 10.6. The smallest absolute Gasteiger partial charge is 0.169 e. The number of aromatic amines is 1. The minimum atomic E-state index is 0.626. The van der Waals surface area contributed by atoms with Gasteiger partial charge in [0.25, 0.3) is 0 Å². The number of nitrogens with zero attached hydrogens (tertiary/aromatic N) is 5. The van der Waals surface area contributed by atoms with Crippen molar-refractivity contribution in [1.29, 1.82) is 5.26 Å². The van der Waals surface area contributed by atoms with Gasteiger partial charge in [0.05, 0.1) is 11.4 Å². The molecule has 1 aromatic carbocycles. The Morgan fingerprint density at radius 1 is 1.07 bits per heavy atom. The highest BCUT2D eigenvalue weighted by atomic mass is 15.2. The van der Waals surface area contributed by atoms with Crippen LogP contribution in [0.4, 0.5) is 5.82 Å². The summed E-state index contributed by atoms with van der Waals surface area (Å²) >= 11 is 0. The summed E-state index contributed by atoms with van der Waals surface area (Å²) in [7, 11) is 1.97. The van der Waals surface area contributed by atoms with Crippen LogP contribution in [0.25, 0.3) is 11.3 Å².